The van der Waals surface area contributed by atoms with Crippen molar-refractivity contribution in [1.82, 2.24) is 0 Å². The molecule has 3 rings (SSSR count). The highest BCUT2D eigenvalue weighted by Crippen LogP contribution is 2.59. The summed E-state index contributed by atoms with van der Waals surface area (Å²) in [6.07, 6.45) is -0.879. The summed E-state index contributed by atoms with van der Waals surface area (Å²) in [6, 6.07) is 0. The number of carbonyl (C=O) groups is 3. The molecule has 2 saturated carbocycles. The second kappa shape index (κ2) is 4.54. The maximum Gasteiger partial charge on any atom is 0.344 e. The average Bonchev–Trinajstić information content (AvgIpc) is 2.97. The van der Waals surface area contributed by atoms with Crippen molar-refractivity contribution < 1.29 is 33.0 Å². The van der Waals surface area contributed by atoms with Gasteiger partial charge in [0.05, 0.1) is 0 Å². The van der Waals surface area contributed by atoms with E-state index in [1.54, 1.807) is 0 Å². The van der Waals surface area contributed by atoms with Crippen molar-refractivity contribution in [2.75, 3.05) is 6.61 Å². The third-order valence-electron chi connectivity index (χ3n) is 4.41. The third kappa shape index (κ3) is 2.02. The molecule has 3 aliphatic rings. The molecule has 114 valence electrons. The van der Waals surface area contributed by atoms with Crippen LogP contribution in [0.4, 0.5) is 4.39 Å². The highest BCUT2D eigenvalue weighted by Gasteiger charge is 2.72. The van der Waals surface area contributed by atoms with Gasteiger partial charge in [0.15, 0.2) is 6.61 Å². The molecule has 2 aliphatic carbocycles. The molecule has 21 heavy (non-hydrogen) atoms. The van der Waals surface area contributed by atoms with Crippen LogP contribution in [-0.4, -0.2) is 42.4 Å². The van der Waals surface area contributed by atoms with Crippen LogP contribution in [0.25, 0.3) is 0 Å². The summed E-state index contributed by atoms with van der Waals surface area (Å²) in [4.78, 5) is 34.4. The Balaban J connectivity index is 1.58. The first kappa shape index (κ1) is 14.0. The summed E-state index contributed by atoms with van der Waals surface area (Å²) in [5, 5.41) is 0. The Morgan fingerprint density at radius 1 is 1.52 bits per heavy atom. The Kier molecular flexibility index (Phi) is 3.04. The molecule has 5 unspecified atom stereocenters. The van der Waals surface area contributed by atoms with E-state index in [4.69, 9.17) is 9.47 Å². The predicted molar refractivity (Wildman–Crippen MR) is 65.6 cm³/mol. The van der Waals surface area contributed by atoms with Crippen LogP contribution in [0.5, 0.6) is 0 Å². The fourth-order valence-electron chi connectivity index (χ4n) is 3.47. The van der Waals surface area contributed by atoms with Crippen LogP contribution in [0.3, 0.4) is 0 Å². The van der Waals surface area contributed by atoms with E-state index in [1.165, 1.54) is 6.92 Å². The monoisotopic (exact) mass is 298 g/mol. The maximum atomic E-state index is 14.3. The zero-order valence-electron chi connectivity index (χ0n) is 11.5. The van der Waals surface area contributed by atoms with E-state index < -0.39 is 48.3 Å². The summed E-state index contributed by atoms with van der Waals surface area (Å²) < 4.78 is 29.2. The molecule has 2 bridgehead atoms. The lowest BCUT2D eigenvalue weighted by atomic mass is 9.85. The molecule has 0 radical (unpaired) electrons. The van der Waals surface area contributed by atoms with Gasteiger partial charge < -0.3 is 14.2 Å². The first-order valence-corrected chi connectivity index (χ1v) is 6.75. The van der Waals surface area contributed by atoms with Gasteiger partial charge in [-0.05, 0) is 19.8 Å². The van der Waals surface area contributed by atoms with Crippen LogP contribution >= 0.6 is 0 Å². The fraction of sp³-hybridized carbons (Fsp3) is 0.643. The van der Waals surface area contributed by atoms with Crippen LogP contribution in [0.1, 0.15) is 19.8 Å². The van der Waals surface area contributed by atoms with Gasteiger partial charge in [-0.15, -0.1) is 0 Å². The summed E-state index contributed by atoms with van der Waals surface area (Å²) in [5.74, 6) is -3.04. The smallest absolute Gasteiger partial charge is 0.344 e. The first-order valence-electron chi connectivity index (χ1n) is 6.75. The Hall–Kier alpha value is -1.92. The second-order valence-electron chi connectivity index (χ2n) is 5.85. The number of carbonyl (C=O) groups excluding carboxylic acids is 3. The number of rotatable bonds is 4. The van der Waals surface area contributed by atoms with Crippen molar-refractivity contribution in [2.24, 2.45) is 11.8 Å². The number of alkyl halides is 1. The average molecular weight is 298 g/mol. The normalized spacial score (nSPS) is 39.0. The summed E-state index contributed by atoms with van der Waals surface area (Å²) in [5.41, 5.74) is -1.74. The van der Waals surface area contributed by atoms with Gasteiger partial charge >= 0.3 is 17.9 Å². The largest absolute Gasteiger partial charge is 0.456 e. The Morgan fingerprint density at radius 3 is 2.90 bits per heavy atom. The highest BCUT2D eigenvalue weighted by molar-refractivity contribution is 5.88. The molecule has 1 saturated heterocycles. The van der Waals surface area contributed by atoms with Gasteiger partial charge in [0, 0.05) is 17.4 Å². The van der Waals surface area contributed by atoms with Crippen LogP contribution in [0, 0.1) is 11.8 Å². The Labute approximate surface area is 120 Å². The van der Waals surface area contributed by atoms with Gasteiger partial charge in [-0.1, -0.05) is 6.58 Å². The molecular weight excluding hydrogens is 283 g/mol. The topological polar surface area (TPSA) is 78.9 Å². The molecule has 0 aromatic heterocycles. The summed E-state index contributed by atoms with van der Waals surface area (Å²) in [7, 11) is 0. The van der Waals surface area contributed by atoms with Crippen LogP contribution in [0.2, 0.25) is 0 Å². The molecule has 0 N–H and O–H groups in total. The van der Waals surface area contributed by atoms with Crippen LogP contribution < -0.4 is 0 Å². The lowest BCUT2D eigenvalue weighted by Crippen LogP contribution is -2.42. The van der Waals surface area contributed by atoms with Crippen LogP contribution in [0.15, 0.2) is 12.2 Å². The van der Waals surface area contributed by atoms with Crippen LogP contribution in [-0.2, 0) is 28.6 Å². The molecule has 1 aliphatic heterocycles. The van der Waals surface area contributed by atoms with E-state index in [-0.39, 0.29) is 17.9 Å². The van der Waals surface area contributed by atoms with E-state index in [0.717, 1.165) is 0 Å². The van der Waals surface area contributed by atoms with Gasteiger partial charge in [-0.2, -0.15) is 0 Å². The predicted octanol–water partition coefficient (Wildman–Crippen LogP) is 0.691. The molecule has 6 nitrogen and oxygen atoms in total. The van der Waals surface area contributed by atoms with Crippen molar-refractivity contribution in [3.63, 3.8) is 0 Å². The summed E-state index contributed by atoms with van der Waals surface area (Å²) in [6.45, 7) is 4.31. The van der Waals surface area contributed by atoms with Crippen molar-refractivity contribution in [3.8, 4) is 0 Å². The van der Waals surface area contributed by atoms with E-state index in [0.29, 0.717) is 6.42 Å². The Bertz CT molecular complexity index is 544. The van der Waals surface area contributed by atoms with Crippen molar-refractivity contribution in [2.45, 2.75) is 37.6 Å². The van der Waals surface area contributed by atoms with Gasteiger partial charge in [-0.25, -0.2) is 18.8 Å². The molecule has 0 aromatic carbocycles. The Morgan fingerprint density at radius 2 is 2.24 bits per heavy atom. The number of hydrogen-bond acceptors (Lipinski definition) is 6. The lowest BCUT2D eigenvalue weighted by molar-refractivity contribution is -0.168. The molecule has 1 heterocycles. The van der Waals surface area contributed by atoms with Crippen molar-refractivity contribution >= 4 is 17.9 Å². The fourth-order valence-corrected chi connectivity index (χ4v) is 3.47. The van der Waals surface area contributed by atoms with Gasteiger partial charge in [0.2, 0.25) is 5.67 Å². The third-order valence-corrected chi connectivity index (χ3v) is 4.41. The zero-order valence-corrected chi connectivity index (χ0v) is 11.5. The molecular formula is C14H15FO6. The number of halogens is 1. The molecule has 0 amide bonds. The van der Waals surface area contributed by atoms with Crippen molar-refractivity contribution in [1.29, 1.82) is 0 Å². The number of esters is 3. The quantitative estimate of drug-likeness (QED) is 0.432. The van der Waals surface area contributed by atoms with E-state index in [9.17, 15) is 18.8 Å². The lowest BCUT2D eigenvalue weighted by Gasteiger charge is -2.27. The molecule has 3 fully saturated rings. The minimum Gasteiger partial charge on any atom is -0.456 e. The van der Waals surface area contributed by atoms with Gasteiger partial charge in [0.1, 0.15) is 12.2 Å². The minimum atomic E-state index is -1.91. The van der Waals surface area contributed by atoms with Gasteiger partial charge in [0.25, 0.3) is 0 Å². The standard InChI is InChI=1S/C14H15FO6/c1-6(2)12(17)19-5-9(16)20-10-7-3-8-11(10)21-13(18)14(8,15)4-7/h7-8,10-11H,1,3-5H2,2H3. The van der Waals surface area contributed by atoms with Crippen molar-refractivity contribution in [3.05, 3.63) is 12.2 Å². The molecule has 7 heteroatoms. The zero-order chi connectivity index (χ0) is 15.4. The highest BCUT2D eigenvalue weighted by atomic mass is 19.1. The SMILES string of the molecule is C=C(C)C(=O)OCC(=O)OC1C2CC3C1OC(=O)C3(F)C2. The maximum absolute atomic E-state index is 14.3. The van der Waals surface area contributed by atoms with Gasteiger partial charge in [-0.3, -0.25) is 0 Å². The second-order valence-corrected chi connectivity index (χ2v) is 5.85. The molecule has 0 spiro atoms. The molecule has 0 aromatic rings. The van der Waals surface area contributed by atoms with E-state index >= 15 is 0 Å². The summed E-state index contributed by atoms with van der Waals surface area (Å²) >= 11 is 0. The van der Waals surface area contributed by atoms with E-state index in [1.807, 2.05) is 0 Å². The molecule has 5 atom stereocenters. The number of fused-ring (bicyclic) bond motifs is 1. The van der Waals surface area contributed by atoms with E-state index in [2.05, 4.69) is 11.3 Å². The minimum absolute atomic E-state index is 0.0243. The first-order chi connectivity index (χ1) is 9.83. The number of ether oxygens (including phenoxy) is 3. The number of hydrogen-bond donors (Lipinski definition) is 0.